The zero-order chi connectivity index (χ0) is 14.4. The van der Waals surface area contributed by atoms with E-state index in [2.05, 4.69) is 10.6 Å². The van der Waals surface area contributed by atoms with Gasteiger partial charge < -0.3 is 10.6 Å². The predicted octanol–water partition coefficient (Wildman–Crippen LogP) is 1.91. The number of hydrogen-bond acceptors (Lipinski definition) is 2. The number of nitrogens with one attached hydrogen (secondary N) is 2. The summed E-state index contributed by atoms with van der Waals surface area (Å²) in [6, 6.07) is 7.51. The van der Waals surface area contributed by atoms with Gasteiger partial charge in [-0.05, 0) is 37.0 Å². The number of aryl methyl sites for hydroxylation is 1. The minimum absolute atomic E-state index is 0.00866. The van der Waals surface area contributed by atoms with Crippen molar-refractivity contribution in [1.82, 2.24) is 10.6 Å². The molecule has 0 spiro atoms. The molecule has 0 heterocycles. The summed E-state index contributed by atoms with van der Waals surface area (Å²) in [6.07, 6.45) is 3.09. The summed E-state index contributed by atoms with van der Waals surface area (Å²) < 4.78 is 0. The predicted molar refractivity (Wildman–Crippen MR) is 78.5 cm³/mol. The molecule has 0 unspecified atom stereocenters. The largest absolute Gasteiger partial charge is 0.354 e. The molecule has 108 valence electrons. The fourth-order valence-corrected chi connectivity index (χ4v) is 2.13. The molecule has 2 amide bonds. The highest BCUT2D eigenvalue weighted by Crippen LogP contribution is 2.28. The fraction of sp³-hybridized carbons (Fsp3) is 0.467. The molecule has 0 bridgehead atoms. The standard InChI is InChI=1S/C15H19ClN2O2/c16-13-3-1-2-11(10-13)4-7-14(19)17-8-9-18-15(20)12-5-6-12/h1-3,10,12H,4-9H2,(H,17,19)(H,18,20). The normalized spacial score (nSPS) is 13.8. The van der Waals surface area contributed by atoms with Crippen LogP contribution in [0.1, 0.15) is 24.8 Å². The van der Waals surface area contributed by atoms with Gasteiger partial charge in [0.1, 0.15) is 0 Å². The van der Waals surface area contributed by atoms with Crippen LogP contribution in [-0.4, -0.2) is 24.9 Å². The van der Waals surface area contributed by atoms with Gasteiger partial charge >= 0.3 is 0 Å². The second kappa shape index (κ2) is 7.29. The molecule has 1 aliphatic rings. The Labute approximate surface area is 123 Å². The van der Waals surface area contributed by atoms with Gasteiger partial charge in [0.15, 0.2) is 0 Å². The number of halogens is 1. The molecule has 0 saturated heterocycles. The Bertz CT molecular complexity index is 487. The van der Waals surface area contributed by atoms with Crippen molar-refractivity contribution in [3.63, 3.8) is 0 Å². The maximum Gasteiger partial charge on any atom is 0.223 e. The van der Waals surface area contributed by atoms with Gasteiger partial charge in [-0.25, -0.2) is 0 Å². The molecule has 2 N–H and O–H groups in total. The van der Waals surface area contributed by atoms with Crippen molar-refractivity contribution < 1.29 is 9.59 Å². The summed E-state index contributed by atoms with van der Waals surface area (Å²) in [4.78, 5) is 23.0. The summed E-state index contributed by atoms with van der Waals surface area (Å²) in [5.74, 6) is 0.317. The lowest BCUT2D eigenvalue weighted by atomic mass is 10.1. The first-order chi connectivity index (χ1) is 9.65. The van der Waals surface area contributed by atoms with E-state index in [0.717, 1.165) is 18.4 Å². The third kappa shape index (κ3) is 5.21. The number of amides is 2. The van der Waals surface area contributed by atoms with Crippen LogP contribution in [0.3, 0.4) is 0 Å². The van der Waals surface area contributed by atoms with Gasteiger partial charge in [0, 0.05) is 30.5 Å². The van der Waals surface area contributed by atoms with Gasteiger partial charge in [0.2, 0.25) is 11.8 Å². The molecule has 1 aromatic rings. The quantitative estimate of drug-likeness (QED) is 0.755. The third-order valence-electron chi connectivity index (χ3n) is 3.22. The molecule has 1 aromatic carbocycles. The van der Waals surface area contributed by atoms with Crippen LogP contribution in [0.4, 0.5) is 0 Å². The number of hydrogen-bond donors (Lipinski definition) is 2. The minimum atomic E-state index is -0.00866. The molecule has 5 heteroatoms. The molecule has 0 aliphatic heterocycles. The lowest BCUT2D eigenvalue weighted by Crippen LogP contribution is -2.35. The molecule has 0 radical (unpaired) electrons. The van der Waals surface area contributed by atoms with Gasteiger partial charge in [-0.15, -0.1) is 0 Å². The molecule has 20 heavy (non-hydrogen) atoms. The second-order valence-electron chi connectivity index (χ2n) is 5.05. The van der Waals surface area contributed by atoms with Gasteiger partial charge in [-0.1, -0.05) is 23.7 Å². The number of benzene rings is 1. The molecule has 4 nitrogen and oxygen atoms in total. The smallest absolute Gasteiger partial charge is 0.223 e. The van der Waals surface area contributed by atoms with Crippen LogP contribution >= 0.6 is 11.6 Å². The summed E-state index contributed by atoms with van der Waals surface area (Å²) in [5, 5.41) is 6.29. The Balaban J connectivity index is 1.57. The van der Waals surface area contributed by atoms with Gasteiger partial charge in [-0.3, -0.25) is 9.59 Å². The lowest BCUT2D eigenvalue weighted by molar-refractivity contribution is -0.123. The van der Waals surface area contributed by atoms with Crippen molar-refractivity contribution in [3.05, 3.63) is 34.9 Å². The van der Waals surface area contributed by atoms with Crippen molar-refractivity contribution in [2.75, 3.05) is 13.1 Å². The summed E-state index contributed by atoms with van der Waals surface area (Å²) in [7, 11) is 0. The van der Waals surface area contributed by atoms with Crippen LogP contribution < -0.4 is 10.6 Å². The lowest BCUT2D eigenvalue weighted by Gasteiger charge is -2.07. The Hall–Kier alpha value is -1.55. The first-order valence-electron chi connectivity index (χ1n) is 6.94. The fourth-order valence-electron chi connectivity index (χ4n) is 1.92. The van der Waals surface area contributed by atoms with Crippen LogP contribution in [0.5, 0.6) is 0 Å². The number of carbonyl (C=O) groups is 2. The van der Waals surface area contributed by atoms with Gasteiger partial charge in [0.25, 0.3) is 0 Å². The van der Waals surface area contributed by atoms with Crippen LogP contribution in [0.15, 0.2) is 24.3 Å². The summed E-state index contributed by atoms with van der Waals surface area (Å²) in [6.45, 7) is 0.977. The van der Waals surface area contributed by atoms with E-state index in [1.165, 1.54) is 0 Å². The molecule has 0 aromatic heterocycles. The zero-order valence-electron chi connectivity index (χ0n) is 11.3. The van der Waals surface area contributed by atoms with Crippen molar-refractivity contribution in [2.24, 2.45) is 5.92 Å². The average Bonchev–Trinajstić information content (AvgIpc) is 3.26. The highest BCUT2D eigenvalue weighted by atomic mass is 35.5. The Morgan fingerprint density at radius 3 is 2.65 bits per heavy atom. The third-order valence-corrected chi connectivity index (χ3v) is 3.46. The van der Waals surface area contributed by atoms with E-state index >= 15 is 0 Å². The van der Waals surface area contributed by atoms with Gasteiger partial charge in [-0.2, -0.15) is 0 Å². The van der Waals surface area contributed by atoms with Crippen molar-refractivity contribution >= 4 is 23.4 Å². The average molecular weight is 295 g/mol. The molecule has 0 atom stereocenters. The zero-order valence-corrected chi connectivity index (χ0v) is 12.1. The van der Waals surface area contributed by atoms with Crippen LogP contribution in [-0.2, 0) is 16.0 Å². The maximum atomic E-state index is 11.6. The van der Waals surface area contributed by atoms with Crippen molar-refractivity contribution in [2.45, 2.75) is 25.7 Å². The first kappa shape index (κ1) is 14.9. The van der Waals surface area contributed by atoms with E-state index in [4.69, 9.17) is 11.6 Å². The van der Waals surface area contributed by atoms with E-state index < -0.39 is 0 Å². The second-order valence-corrected chi connectivity index (χ2v) is 5.48. The Morgan fingerprint density at radius 1 is 1.20 bits per heavy atom. The van der Waals surface area contributed by atoms with E-state index in [9.17, 15) is 9.59 Å². The molecule has 1 fully saturated rings. The SMILES string of the molecule is O=C(CCc1cccc(Cl)c1)NCCNC(=O)C1CC1. The van der Waals surface area contributed by atoms with Crippen molar-refractivity contribution in [1.29, 1.82) is 0 Å². The number of rotatable bonds is 7. The first-order valence-corrected chi connectivity index (χ1v) is 7.32. The Morgan fingerprint density at radius 2 is 1.95 bits per heavy atom. The van der Waals surface area contributed by atoms with Crippen LogP contribution in [0.2, 0.25) is 5.02 Å². The van der Waals surface area contributed by atoms with Crippen LogP contribution in [0.25, 0.3) is 0 Å². The molecular weight excluding hydrogens is 276 g/mol. The van der Waals surface area contributed by atoms with Gasteiger partial charge in [0.05, 0.1) is 0 Å². The maximum absolute atomic E-state index is 11.6. The van der Waals surface area contributed by atoms with Crippen molar-refractivity contribution in [3.8, 4) is 0 Å². The highest BCUT2D eigenvalue weighted by Gasteiger charge is 2.28. The number of carbonyl (C=O) groups excluding carboxylic acids is 2. The van der Waals surface area contributed by atoms with E-state index in [0.29, 0.717) is 31.0 Å². The van der Waals surface area contributed by atoms with E-state index in [-0.39, 0.29) is 17.7 Å². The highest BCUT2D eigenvalue weighted by molar-refractivity contribution is 6.30. The minimum Gasteiger partial charge on any atom is -0.354 e. The summed E-state index contributed by atoms with van der Waals surface area (Å²) in [5.41, 5.74) is 1.05. The Kier molecular flexibility index (Phi) is 5.41. The summed E-state index contributed by atoms with van der Waals surface area (Å²) >= 11 is 5.88. The van der Waals surface area contributed by atoms with E-state index in [1.54, 1.807) is 0 Å². The topological polar surface area (TPSA) is 58.2 Å². The molecule has 2 rings (SSSR count). The molecular formula is C15H19ClN2O2. The monoisotopic (exact) mass is 294 g/mol. The molecule has 1 aliphatic carbocycles. The van der Waals surface area contributed by atoms with E-state index in [1.807, 2.05) is 24.3 Å². The van der Waals surface area contributed by atoms with Crippen LogP contribution in [0, 0.1) is 5.92 Å². The molecule has 1 saturated carbocycles.